The average Bonchev–Trinajstić information content (AvgIpc) is 1.36. The third kappa shape index (κ3) is 2960. The van der Waals surface area contributed by atoms with E-state index in [1.165, 1.54) is 0 Å². The van der Waals surface area contributed by atoms with Crippen LogP contribution in [-0.4, -0.2) is 4.89 Å². The molecule has 0 aromatic heterocycles. The Kier molecular flexibility index (Phi) is 51.0. The van der Waals surface area contributed by atoms with E-state index >= 15 is 0 Å². The maximum absolute atomic E-state index is 8.66. The molecule has 0 fully saturated rings. The van der Waals surface area contributed by atoms with Gasteiger partial charge in [-0.05, 0) is 0 Å². The third-order valence-electron chi connectivity index (χ3n) is 0. The number of phosphoric acid groups is 1. The molecule has 0 heterocycles. The van der Waals surface area contributed by atoms with Crippen LogP contribution in [-0.2, 0) is 24.0 Å². The van der Waals surface area contributed by atoms with E-state index in [1.54, 1.807) is 0 Å². The SMILES string of the molecule is C=C.N.N.O=P([O-])([O-])O.[Zn+2]. The monoisotopic (exact) mass is 222 g/mol. The molecular formula is C2H11N2O4PZn. The van der Waals surface area contributed by atoms with Crippen LogP contribution in [0.3, 0.4) is 0 Å². The molecule has 0 radical (unpaired) electrons. The zero-order valence-corrected chi connectivity index (χ0v) is 9.52. The predicted octanol–water partition coefficient (Wildman–Crippen LogP) is -1.07. The van der Waals surface area contributed by atoms with Gasteiger partial charge >= 0.3 is 19.5 Å². The van der Waals surface area contributed by atoms with Crippen molar-refractivity contribution in [2.24, 2.45) is 0 Å². The van der Waals surface area contributed by atoms with Gasteiger partial charge in [-0.15, -0.1) is 13.2 Å². The second kappa shape index (κ2) is 16.2. The Morgan fingerprint density at radius 2 is 1.20 bits per heavy atom. The van der Waals surface area contributed by atoms with E-state index in [2.05, 4.69) is 13.2 Å². The van der Waals surface area contributed by atoms with E-state index in [-0.39, 0.29) is 31.8 Å². The summed E-state index contributed by atoms with van der Waals surface area (Å²) < 4.78 is 8.66. The molecule has 0 aliphatic rings. The van der Waals surface area contributed by atoms with Crippen LogP contribution in [0.25, 0.3) is 0 Å². The standard InChI is InChI=1S/C2H4.2H3N.H3O4P.Zn/c1-2;;;1-5(2,3)4;/h1-2H2;2*1H3;(H3,1,2,3,4);/q;;;;+2/p-2. The molecule has 0 rings (SSSR count). The Morgan fingerprint density at radius 1 is 1.20 bits per heavy atom. The quantitative estimate of drug-likeness (QED) is 0.270. The second-order valence-corrected chi connectivity index (χ2v) is 1.41. The predicted molar refractivity (Wildman–Crippen MR) is 31.1 cm³/mol. The van der Waals surface area contributed by atoms with Gasteiger partial charge in [0.15, 0.2) is 0 Å². The first-order chi connectivity index (χ1) is 3.00. The zero-order chi connectivity index (χ0) is 6.50. The van der Waals surface area contributed by atoms with E-state index in [4.69, 9.17) is 19.2 Å². The summed E-state index contributed by atoms with van der Waals surface area (Å²) in [7, 11) is -5.14. The van der Waals surface area contributed by atoms with Gasteiger partial charge in [0, 0.05) is 0 Å². The molecule has 0 saturated carbocycles. The molecule has 10 heavy (non-hydrogen) atoms. The minimum atomic E-state index is -5.14. The van der Waals surface area contributed by atoms with Gasteiger partial charge in [0.2, 0.25) is 0 Å². The molecular weight excluding hydrogens is 212 g/mol. The van der Waals surface area contributed by atoms with E-state index in [0.29, 0.717) is 0 Å². The summed E-state index contributed by atoms with van der Waals surface area (Å²) in [5.74, 6) is 0. The largest absolute Gasteiger partial charge is 2.00 e. The molecule has 0 unspecified atom stereocenters. The molecule has 7 N–H and O–H groups in total. The summed E-state index contributed by atoms with van der Waals surface area (Å²) in [6.45, 7) is 6.00. The van der Waals surface area contributed by atoms with Gasteiger partial charge in [0.1, 0.15) is 0 Å². The maximum atomic E-state index is 8.66. The normalized spacial score (nSPS) is 6.30. The van der Waals surface area contributed by atoms with Crippen molar-refractivity contribution in [1.29, 1.82) is 0 Å². The van der Waals surface area contributed by atoms with Crippen molar-refractivity contribution in [3.05, 3.63) is 13.2 Å². The molecule has 0 spiro atoms. The van der Waals surface area contributed by atoms with E-state index in [9.17, 15) is 0 Å². The fourth-order valence-electron chi connectivity index (χ4n) is 0. The Labute approximate surface area is 72.5 Å². The summed E-state index contributed by atoms with van der Waals surface area (Å²) in [6, 6.07) is 0. The molecule has 0 saturated heterocycles. The van der Waals surface area contributed by atoms with Crippen LogP contribution in [0.5, 0.6) is 0 Å². The van der Waals surface area contributed by atoms with Crippen molar-refractivity contribution in [1.82, 2.24) is 12.3 Å². The van der Waals surface area contributed by atoms with Crippen LogP contribution in [0.4, 0.5) is 0 Å². The Balaban J connectivity index is -0.0000000154. The van der Waals surface area contributed by atoms with Crippen LogP contribution in [0.1, 0.15) is 0 Å². The van der Waals surface area contributed by atoms with Crippen molar-refractivity contribution in [3.63, 3.8) is 0 Å². The number of hydrogen-bond donors (Lipinski definition) is 3. The first-order valence-corrected chi connectivity index (χ1v) is 2.74. The van der Waals surface area contributed by atoms with E-state index < -0.39 is 7.82 Å². The maximum Gasteiger partial charge on any atom is 2.00 e. The van der Waals surface area contributed by atoms with Gasteiger partial charge < -0.3 is 31.5 Å². The van der Waals surface area contributed by atoms with Crippen molar-refractivity contribution >= 4 is 7.82 Å². The van der Waals surface area contributed by atoms with Gasteiger partial charge in [-0.2, -0.15) is 0 Å². The van der Waals surface area contributed by atoms with Gasteiger partial charge in [0.05, 0.1) is 7.82 Å². The van der Waals surface area contributed by atoms with Gasteiger partial charge in [0.25, 0.3) is 0 Å². The molecule has 0 bridgehead atoms. The third-order valence-corrected chi connectivity index (χ3v) is 0. The van der Waals surface area contributed by atoms with Gasteiger partial charge in [-0.1, -0.05) is 0 Å². The Hall–Kier alpha value is 0.393. The summed E-state index contributed by atoms with van der Waals surface area (Å²) in [4.78, 5) is 24.3. The fourth-order valence-corrected chi connectivity index (χ4v) is 0. The van der Waals surface area contributed by atoms with Crippen LogP contribution >= 0.6 is 7.82 Å². The van der Waals surface area contributed by atoms with Gasteiger partial charge in [-0.3, -0.25) is 0 Å². The van der Waals surface area contributed by atoms with Crippen molar-refractivity contribution < 1.29 is 38.7 Å². The Morgan fingerprint density at radius 3 is 1.20 bits per heavy atom. The van der Waals surface area contributed by atoms with E-state index in [1.807, 2.05) is 0 Å². The average molecular weight is 223 g/mol. The zero-order valence-electron chi connectivity index (χ0n) is 5.65. The van der Waals surface area contributed by atoms with Crippen molar-refractivity contribution in [3.8, 4) is 0 Å². The molecule has 0 aromatic carbocycles. The molecule has 0 aliphatic heterocycles. The minimum absolute atomic E-state index is 0. The van der Waals surface area contributed by atoms with Crippen molar-refractivity contribution in [2.75, 3.05) is 0 Å². The molecule has 60 valence electrons. The minimum Gasteiger partial charge on any atom is -0.790 e. The van der Waals surface area contributed by atoms with Crippen LogP contribution in [0.2, 0.25) is 0 Å². The van der Waals surface area contributed by atoms with Crippen LogP contribution < -0.4 is 22.1 Å². The molecule has 6 nitrogen and oxygen atoms in total. The van der Waals surface area contributed by atoms with E-state index in [0.717, 1.165) is 0 Å². The van der Waals surface area contributed by atoms with Gasteiger partial charge in [-0.25, -0.2) is 0 Å². The number of hydrogen-bond acceptors (Lipinski definition) is 5. The smallest absolute Gasteiger partial charge is 0.790 e. The summed E-state index contributed by atoms with van der Waals surface area (Å²) in [5.41, 5.74) is 0. The van der Waals surface area contributed by atoms with Crippen LogP contribution in [0.15, 0.2) is 13.2 Å². The first kappa shape index (κ1) is 31.5. The fraction of sp³-hybridized carbons (Fsp3) is 0. The van der Waals surface area contributed by atoms with Crippen molar-refractivity contribution in [2.45, 2.75) is 0 Å². The summed E-state index contributed by atoms with van der Waals surface area (Å²) in [6.07, 6.45) is 0. The molecule has 0 aromatic rings. The van der Waals surface area contributed by atoms with Crippen LogP contribution in [0, 0.1) is 0 Å². The summed E-state index contributed by atoms with van der Waals surface area (Å²) in [5, 5.41) is 0. The molecule has 8 heteroatoms. The summed E-state index contributed by atoms with van der Waals surface area (Å²) >= 11 is 0. The first-order valence-electron chi connectivity index (χ1n) is 1.25. The second-order valence-electron chi connectivity index (χ2n) is 0.469. The molecule has 0 amide bonds. The topological polar surface area (TPSA) is 153 Å². The molecule has 0 atom stereocenters. The number of rotatable bonds is 0. The molecule has 0 aliphatic carbocycles. The Bertz CT molecular complexity index is 77.1.